The summed E-state index contributed by atoms with van der Waals surface area (Å²) in [5.74, 6) is 2.67. The fraction of sp³-hybridized carbons (Fsp3) is 0.550. The molecule has 0 saturated heterocycles. The largest absolute Gasteiger partial charge is 0.291 e. The molecule has 2 N–H and O–H groups in total. The number of hydrogen-bond donors (Lipinski definition) is 2. The third-order valence-corrected chi connectivity index (χ3v) is 4.78. The first-order chi connectivity index (χ1) is 13.5. The monoisotopic (exact) mass is 382 g/mol. The molecular weight excluding hydrogens is 352 g/mol. The van der Waals surface area contributed by atoms with Crippen molar-refractivity contribution in [2.24, 2.45) is 0 Å². The molecular formula is C20H30N8. The first-order valence-corrected chi connectivity index (χ1v) is 10.1. The number of unbranched alkanes of at least 4 members (excludes halogenated alkanes) is 3. The van der Waals surface area contributed by atoms with Gasteiger partial charge in [-0.15, -0.1) is 5.10 Å². The van der Waals surface area contributed by atoms with E-state index in [2.05, 4.69) is 44.4 Å². The summed E-state index contributed by atoms with van der Waals surface area (Å²) in [6, 6.07) is 2.05. The van der Waals surface area contributed by atoms with Crippen LogP contribution in [0.15, 0.2) is 6.07 Å². The van der Waals surface area contributed by atoms with E-state index in [0.717, 1.165) is 53.5 Å². The summed E-state index contributed by atoms with van der Waals surface area (Å²) in [5.41, 5.74) is 4.02. The van der Waals surface area contributed by atoms with Crippen molar-refractivity contribution in [2.75, 3.05) is 5.32 Å². The maximum Gasteiger partial charge on any atom is 0.248 e. The Hall–Kier alpha value is -2.77. The van der Waals surface area contributed by atoms with Gasteiger partial charge in [-0.3, -0.25) is 10.4 Å². The van der Waals surface area contributed by atoms with Crippen LogP contribution >= 0.6 is 0 Å². The Morgan fingerprint density at radius 3 is 2.50 bits per heavy atom. The molecule has 0 saturated carbocycles. The lowest BCUT2D eigenvalue weighted by molar-refractivity contribution is 0.653. The minimum atomic E-state index is 0.480. The van der Waals surface area contributed by atoms with Crippen molar-refractivity contribution in [1.29, 1.82) is 0 Å². The number of hydrogen-bond acceptors (Lipinski definition) is 6. The molecule has 3 rings (SSSR count). The SMILES string of the molecule is CCCCCCc1nc(Nc2nc(C)c(CC)c(-n3nc(C)cc3C)n2)n[nH]1. The summed E-state index contributed by atoms with van der Waals surface area (Å²) in [7, 11) is 0. The Balaban J connectivity index is 1.81. The summed E-state index contributed by atoms with van der Waals surface area (Å²) < 4.78 is 1.88. The lowest BCUT2D eigenvalue weighted by Gasteiger charge is -2.13. The van der Waals surface area contributed by atoms with Crippen molar-refractivity contribution in [3.05, 3.63) is 34.5 Å². The van der Waals surface area contributed by atoms with Gasteiger partial charge in [-0.2, -0.15) is 15.1 Å². The smallest absolute Gasteiger partial charge is 0.248 e. The molecule has 0 atom stereocenters. The molecule has 3 aromatic rings. The normalized spacial score (nSPS) is 11.2. The first kappa shape index (κ1) is 20.0. The molecule has 28 heavy (non-hydrogen) atoms. The molecule has 0 aliphatic rings. The van der Waals surface area contributed by atoms with Gasteiger partial charge in [0.2, 0.25) is 11.9 Å². The van der Waals surface area contributed by atoms with Crippen LogP contribution in [0.2, 0.25) is 0 Å². The molecule has 0 aliphatic heterocycles. The fourth-order valence-corrected chi connectivity index (χ4v) is 3.35. The highest BCUT2D eigenvalue weighted by Crippen LogP contribution is 2.21. The lowest BCUT2D eigenvalue weighted by atomic mass is 10.1. The molecule has 0 aromatic carbocycles. The zero-order valence-corrected chi connectivity index (χ0v) is 17.5. The minimum Gasteiger partial charge on any atom is -0.291 e. The van der Waals surface area contributed by atoms with Gasteiger partial charge in [-0.05, 0) is 39.7 Å². The molecule has 0 bridgehead atoms. The molecule has 3 heterocycles. The van der Waals surface area contributed by atoms with E-state index in [1.54, 1.807) is 0 Å². The molecule has 0 unspecified atom stereocenters. The lowest BCUT2D eigenvalue weighted by Crippen LogP contribution is -2.12. The van der Waals surface area contributed by atoms with Crippen molar-refractivity contribution >= 4 is 11.9 Å². The van der Waals surface area contributed by atoms with Crippen LogP contribution in [0.5, 0.6) is 0 Å². The van der Waals surface area contributed by atoms with Gasteiger partial charge in [-0.1, -0.05) is 33.1 Å². The number of anilines is 2. The molecule has 0 aliphatic carbocycles. The predicted octanol–water partition coefficient (Wildman–Crippen LogP) is 4.13. The van der Waals surface area contributed by atoms with E-state index in [1.165, 1.54) is 19.3 Å². The van der Waals surface area contributed by atoms with Crippen LogP contribution in [0.4, 0.5) is 11.9 Å². The number of aromatic nitrogens is 7. The van der Waals surface area contributed by atoms with E-state index in [4.69, 9.17) is 4.98 Å². The first-order valence-electron chi connectivity index (χ1n) is 10.1. The van der Waals surface area contributed by atoms with Crippen molar-refractivity contribution in [1.82, 2.24) is 34.9 Å². The van der Waals surface area contributed by atoms with Crippen LogP contribution in [-0.4, -0.2) is 34.9 Å². The number of aromatic amines is 1. The molecule has 150 valence electrons. The molecule has 0 spiro atoms. The number of nitrogens with one attached hydrogen (secondary N) is 2. The second-order valence-corrected chi connectivity index (χ2v) is 7.17. The van der Waals surface area contributed by atoms with Gasteiger partial charge >= 0.3 is 0 Å². The number of H-pyrrole nitrogens is 1. The second-order valence-electron chi connectivity index (χ2n) is 7.17. The number of rotatable bonds is 9. The van der Waals surface area contributed by atoms with E-state index < -0.39 is 0 Å². The fourth-order valence-electron chi connectivity index (χ4n) is 3.35. The molecule has 0 fully saturated rings. The van der Waals surface area contributed by atoms with Gasteiger partial charge in [0.15, 0.2) is 5.82 Å². The Bertz CT molecular complexity index is 924. The zero-order valence-electron chi connectivity index (χ0n) is 17.5. The predicted molar refractivity (Wildman–Crippen MR) is 110 cm³/mol. The van der Waals surface area contributed by atoms with Crippen LogP contribution < -0.4 is 5.32 Å². The van der Waals surface area contributed by atoms with Crippen LogP contribution in [0.3, 0.4) is 0 Å². The molecule has 8 heteroatoms. The Morgan fingerprint density at radius 1 is 1.00 bits per heavy atom. The van der Waals surface area contributed by atoms with E-state index in [9.17, 15) is 0 Å². The quantitative estimate of drug-likeness (QED) is 0.540. The van der Waals surface area contributed by atoms with Gasteiger partial charge in [0.25, 0.3) is 0 Å². The van der Waals surface area contributed by atoms with Crippen LogP contribution in [0.1, 0.15) is 68.0 Å². The van der Waals surface area contributed by atoms with E-state index in [0.29, 0.717) is 11.9 Å². The van der Waals surface area contributed by atoms with Crippen molar-refractivity contribution in [2.45, 2.75) is 73.1 Å². The summed E-state index contributed by atoms with van der Waals surface area (Å²) in [6.07, 6.45) is 6.55. The van der Waals surface area contributed by atoms with Gasteiger partial charge in [0.1, 0.15) is 5.82 Å². The third-order valence-electron chi connectivity index (χ3n) is 4.78. The van der Waals surface area contributed by atoms with E-state index >= 15 is 0 Å². The van der Waals surface area contributed by atoms with Crippen molar-refractivity contribution < 1.29 is 0 Å². The van der Waals surface area contributed by atoms with E-state index in [-0.39, 0.29) is 0 Å². The molecule has 3 aromatic heterocycles. The summed E-state index contributed by atoms with van der Waals surface area (Å²) >= 11 is 0. The minimum absolute atomic E-state index is 0.480. The maximum absolute atomic E-state index is 4.72. The highest BCUT2D eigenvalue weighted by atomic mass is 15.4. The van der Waals surface area contributed by atoms with Gasteiger partial charge in [-0.25, -0.2) is 9.67 Å². The molecule has 8 nitrogen and oxygen atoms in total. The zero-order chi connectivity index (χ0) is 20.1. The standard InChI is InChI=1S/C20H30N8/c1-6-8-9-10-11-17-22-20(26-25-17)24-19-21-15(5)16(7-2)18(23-19)28-14(4)12-13(3)27-28/h12H,6-11H2,1-5H3,(H2,21,22,23,24,25,26). The Labute approximate surface area is 166 Å². The summed E-state index contributed by atoms with van der Waals surface area (Å²) in [4.78, 5) is 13.8. The highest BCUT2D eigenvalue weighted by Gasteiger charge is 2.16. The summed E-state index contributed by atoms with van der Waals surface area (Å²) in [6.45, 7) is 10.3. The average Bonchev–Trinajstić information content (AvgIpc) is 3.23. The van der Waals surface area contributed by atoms with Gasteiger partial charge in [0.05, 0.1) is 5.69 Å². The van der Waals surface area contributed by atoms with Gasteiger partial charge in [0, 0.05) is 23.4 Å². The van der Waals surface area contributed by atoms with Crippen LogP contribution in [0, 0.1) is 20.8 Å². The number of aryl methyl sites for hydroxylation is 4. The molecule has 0 amide bonds. The Kier molecular flexibility index (Phi) is 6.38. The van der Waals surface area contributed by atoms with Gasteiger partial charge < -0.3 is 0 Å². The third kappa shape index (κ3) is 4.55. The van der Waals surface area contributed by atoms with Crippen LogP contribution in [-0.2, 0) is 12.8 Å². The van der Waals surface area contributed by atoms with E-state index in [1.807, 2.05) is 31.5 Å². The second kappa shape index (κ2) is 8.95. The van der Waals surface area contributed by atoms with Crippen molar-refractivity contribution in [3.63, 3.8) is 0 Å². The highest BCUT2D eigenvalue weighted by molar-refractivity contribution is 5.48. The maximum atomic E-state index is 4.72. The molecule has 0 radical (unpaired) electrons. The topological polar surface area (TPSA) is 97.2 Å². The Morgan fingerprint density at radius 2 is 1.82 bits per heavy atom. The van der Waals surface area contributed by atoms with Crippen LogP contribution in [0.25, 0.3) is 5.82 Å². The van der Waals surface area contributed by atoms with Crippen molar-refractivity contribution in [3.8, 4) is 5.82 Å². The average molecular weight is 383 g/mol. The number of nitrogens with zero attached hydrogens (tertiary/aromatic N) is 6. The summed E-state index contributed by atoms with van der Waals surface area (Å²) in [5, 5.41) is 15.0.